The highest BCUT2D eigenvalue weighted by Crippen LogP contribution is 2.22. The van der Waals surface area contributed by atoms with Crippen LogP contribution < -0.4 is 5.32 Å². The first-order chi connectivity index (χ1) is 11.8. The van der Waals surface area contributed by atoms with Gasteiger partial charge in [0.2, 0.25) is 5.91 Å². The maximum atomic E-state index is 12.1. The van der Waals surface area contributed by atoms with Crippen LogP contribution in [0, 0.1) is 0 Å². The lowest BCUT2D eigenvalue weighted by Gasteiger charge is -2.36. The van der Waals surface area contributed by atoms with Gasteiger partial charge in [-0.15, -0.1) is 0 Å². The zero-order valence-corrected chi connectivity index (χ0v) is 16.6. The third kappa shape index (κ3) is 6.44. The van der Waals surface area contributed by atoms with E-state index in [0.717, 1.165) is 32.6 Å². The third-order valence-electron chi connectivity index (χ3n) is 5.06. The van der Waals surface area contributed by atoms with E-state index in [1.54, 1.807) is 0 Å². The largest absolute Gasteiger partial charge is 0.355 e. The number of nitrogens with one attached hydrogen (secondary N) is 1. The van der Waals surface area contributed by atoms with Gasteiger partial charge in [-0.1, -0.05) is 45.0 Å². The summed E-state index contributed by atoms with van der Waals surface area (Å²) in [6, 6.07) is 9.35. The van der Waals surface area contributed by atoms with Gasteiger partial charge in [0.25, 0.3) is 0 Å². The number of piperazine rings is 1. The molecular formula is C21H35N3O. The lowest BCUT2D eigenvalue weighted by molar-refractivity contribution is -0.122. The highest BCUT2D eigenvalue weighted by atomic mass is 16.2. The lowest BCUT2D eigenvalue weighted by Crippen LogP contribution is -2.51. The molecule has 1 N–H and O–H groups in total. The van der Waals surface area contributed by atoms with E-state index in [-0.39, 0.29) is 11.3 Å². The van der Waals surface area contributed by atoms with E-state index in [0.29, 0.717) is 19.1 Å². The average Bonchev–Trinajstić information content (AvgIpc) is 2.55. The Kier molecular flexibility index (Phi) is 7.03. The van der Waals surface area contributed by atoms with E-state index in [1.165, 1.54) is 11.1 Å². The summed E-state index contributed by atoms with van der Waals surface area (Å²) in [6.07, 6.45) is 0.886. The van der Waals surface area contributed by atoms with E-state index in [1.807, 2.05) is 0 Å². The third-order valence-corrected chi connectivity index (χ3v) is 5.06. The second kappa shape index (κ2) is 8.81. The zero-order valence-electron chi connectivity index (χ0n) is 16.6. The number of carbonyl (C=O) groups excluding carboxylic acids is 1. The summed E-state index contributed by atoms with van der Waals surface area (Å²) >= 11 is 0. The van der Waals surface area contributed by atoms with Gasteiger partial charge < -0.3 is 5.32 Å². The summed E-state index contributed by atoms with van der Waals surface area (Å²) in [5.41, 5.74) is 2.81. The minimum Gasteiger partial charge on any atom is -0.355 e. The van der Waals surface area contributed by atoms with Gasteiger partial charge in [-0.3, -0.25) is 14.6 Å². The fraction of sp³-hybridized carbons (Fsp3) is 0.667. The van der Waals surface area contributed by atoms with Crippen molar-refractivity contribution in [1.29, 1.82) is 0 Å². The van der Waals surface area contributed by atoms with Crippen LogP contribution in [0.15, 0.2) is 24.3 Å². The van der Waals surface area contributed by atoms with Gasteiger partial charge in [-0.2, -0.15) is 0 Å². The molecule has 1 saturated heterocycles. The smallest absolute Gasteiger partial charge is 0.234 e. The van der Waals surface area contributed by atoms with E-state index < -0.39 is 0 Å². The van der Waals surface area contributed by atoms with Crippen molar-refractivity contribution in [2.24, 2.45) is 0 Å². The molecule has 0 saturated carbocycles. The van der Waals surface area contributed by atoms with Gasteiger partial charge in [-0.05, 0) is 36.8 Å². The Balaban J connectivity index is 1.67. The molecule has 0 unspecified atom stereocenters. The van der Waals surface area contributed by atoms with Crippen molar-refractivity contribution in [3.63, 3.8) is 0 Å². The molecule has 0 spiro atoms. The van der Waals surface area contributed by atoms with Crippen molar-refractivity contribution in [2.75, 3.05) is 39.3 Å². The van der Waals surface area contributed by atoms with Crippen molar-refractivity contribution < 1.29 is 4.79 Å². The number of rotatable bonds is 6. The van der Waals surface area contributed by atoms with Crippen LogP contribution in [0.3, 0.4) is 0 Å². The second-order valence-electron chi connectivity index (χ2n) is 8.45. The summed E-state index contributed by atoms with van der Waals surface area (Å²) in [5.74, 6) is 0.143. The van der Waals surface area contributed by atoms with E-state index in [9.17, 15) is 4.79 Å². The molecule has 0 atom stereocenters. The highest BCUT2D eigenvalue weighted by molar-refractivity contribution is 5.78. The van der Waals surface area contributed by atoms with Crippen molar-refractivity contribution in [1.82, 2.24) is 15.1 Å². The van der Waals surface area contributed by atoms with E-state index >= 15 is 0 Å². The maximum Gasteiger partial charge on any atom is 0.234 e. The Morgan fingerprint density at radius 1 is 1.08 bits per heavy atom. The SMILES string of the molecule is CC(C)N1CCN(CC(=O)NCCc2ccc(C(C)(C)C)cc2)CC1. The molecule has 1 heterocycles. The Hall–Kier alpha value is -1.39. The molecule has 0 radical (unpaired) electrons. The number of benzene rings is 1. The van der Waals surface area contributed by atoms with Crippen LogP contribution in [0.1, 0.15) is 45.7 Å². The Labute approximate surface area is 153 Å². The van der Waals surface area contributed by atoms with Gasteiger partial charge >= 0.3 is 0 Å². The van der Waals surface area contributed by atoms with Crippen molar-refractivity contribution in [2.45, 2.75) is 52.5 Å². The average molecular weight is 346 g/mol. The minimum atomic E-state index is 0.143. The summed E-state index contributed by atoms with van der Waals surface area (Å²) in [4.78, 5) is 16.9. The van der Waals surface area contributed by atoms with Crippen LogP contribution in [-0.4, -0.2) is 61.0 Å². The summed E-state index contributed by atoms with van der Waals surface area (Å²) in [6.45, 7) is 16.5. The number of nitrogens with zero attached hydrogens (tertiary/aromatic N) is 2. The molecule has 25 heavy (non-hydrogen) atoms. The van der Waals surface area contributed by atoms with Crippen LogP contribution in [0.5, 0.6) is 0 Å². The van der Waals surface area contributed by atoms with Crippen molar-refractivity contribution in [3.05, 3.63) is 35.4 Å². The van der Waals surface area contributed by atoms with Crippen molar-refractivity contribution >= 4 is 5.91 Å². The summed E-state index contributed by atoms with van der Waals surface area (Å²) in [7, 11) is 0. The number of hydrogen-bond donors (Lipinski definition) is 1. The molecule has 1 fully saturated rings. The number of amides is 1. The second-order valence-corrected chi connectivity index (χ2v) is 8.45. The van der Waals surface area contributed by atoms with Crippen LogP contribution in [0.4, 0.5) is 0 Å². The molecule has 1 aromatic carbocycles. The first-order valence-corrected chi connectivity index (χ1v) is 9.58. The quantitative estimate of drug-likeness (QED) is 0.861. The molecule has 0 aliphatic carbocycles. The van der Waals surface area contributed by atoms with Crippen LogP contribution in [0.2, 0.25) is 0 Å². The first kappa shape index (κ1) is 19.9. The van der Waals surface area contributed by atoms with E-state index in [4.69, 9.17) is 0 Å². The maximum absolute atomic E-state index is 12.1. The van der Waals surface area contributed by atoms with Crippen molar-refractivity contribution in [3.8, 4) is 0 Å². The first-order valence-electron chi connectivity index (χ1n) is 9.58. The van der Waals surface area contributed by atoms with E-state index in [2.05, 4.69) is 74.0 Å². The fourth-order valence-electron chi connectivity index (χ4n) is 3.21. The molecule has 140 valence electrons. The molecular weight excluding hydrogens is 310 g/mol. The van der Waals surface area contributed by atoms with Gasteiger partial charge in [0.1, 0.15) is 0 Å². The Morgan fingerprint density at radius 2 is 1.68 bits per heavy atom. The predicted octanol–water partition coefficient (Wildman–Crippen LogP) is 2.67. The normalized spacial score (nSPS) is 17.0. The molecule has 0 aromatic heterocycles. The minimum absolute atomic E-state index is 0.143. The highest BCUT2D eigenvalue weighted by Gasteiger charge is 2.20. The van der Waals surface area contributed by atoms with Gasteiger partial charge in [0, 0.05) is 38.8 Å². The number of carbonyl (C=O) groups is 1. The number of hydrogen-bond acceptors (Lipinski definition) is 3. The van der Waals surface area contributed by atoms with Crippen LogP contribution in [0.25, 0.3) is 0 Å². The lowest BCUT2D eigenvalue weighted by atomic mass is 9.86. The Morgan fingerprint density at radius 3 is 2.20 bits per heavy atom. The van der Waals surface area contributed by atoms with Gasteiger partial charge in [0.05, 0.1) is 6.54 Å². The summed E-state index contributed by atoms with van der Waals surface area (Å²) < 4.78 is 0. The zero-order chi connectivity index (χ0) is 18.4. The molecule has 4 nitrogen and oxygen atoms in total. The topological polar surface area (TPSA) is 35.6 Å². The molecule has 1 amide bonds. The monoisotopic (exact) mass is 345 g/mol. The fourth-order valence-corrected chi connectivity index (χ4v) is 3.21. The molecule has 1 aliphatic rings. The molecule has 2 rings (SSSR count). The predicted molar refractivity (Wildman–Crippen MR) is 105 cm³/mol. The Bertz CT molecular complexity index is 537. The van der Waals surface area contributed by atoms with Gasteiger partial charge in [-0.25, -0.2) is 0 Å². The molecule has 1 aliphatic heterocycles. The molecule has 4 heteroatoms. The van der Waals surface area contributed by atoms with Gasteiger partial charge in [0.15, 0.2) is 0 Å². The van der Waals surface area contributed by atoms with Crippen LogP contribution in [-0.2, 0) is 16.6 Å². The standard InChI is InChI=1S/C21H35N3O/c1-17(2)24-14-12-23(13-15-24)16-20(25)22-11-10-18-6-8-19(9-7-18)21(3,4)5/h6-9,17H,10-16H2,1-5H3,(H,22,25). The molecule has 1 aromatic rings. The summed E-state index contributed by atoms with van der Waals surface area (Å²) in [5, 5.41) is 3.06. The molecule has 0 bridgehead atoms. The van der Waals surface area contributed by atoms with Crippen LogP contribution >= 0.6 is 0 Å².